The van der Waals surface area contributed by atoms with Crippen molar-refractivity contribution in [2.24, 2.45) is 0 Å². The predicted octanol–water partition coefficient (Wildman–Crippen LogP) is 4.11. The number of halogens is 2. The molecule has 0 atom stereocenters. The largest absolute Gasteiger partial charge is 0.508 e. The first-order valence-electron chi connectivity index (χ1n) is 3.68. The maximum absolute atomic E-state index is 9.29. The molecule has 2 aromatic rings. The summed E-state index contributed by atoms with van der Waals surface area (Å²) in [6, 6.07) is 5.32. The van der Waals surface area contributed by atoms with Crippen molar-refractivity contribution in [2.75, 3.05) is 0 Å². The Morgan fingerprint density at radius 2 is 2.23 bits per heavy atom. The second-order valence-corrected chi connectivity index (χ2v) is 4.85. The lowest BCUT2D eigenvalue weighted by molar-refractivity contribution is 0.476. The molecule has 0 saturated heterocycles. The second-order valence-electron chi connectivity index (χ2n) is 2.65. The van der Waals surface area contributed by atoms with Crippen LogP contribution in [0.2, 0.25) is 0 Å². The minimum Gasteiger partial charge on any atom is -0.508 e. The van der Waals surface area contributed by atoms with Gasteiger partial charge < -0.3 is 5.11 Å². The van der Waals surface area contributed by atoms with E-state index in [2.05, 4.69) is 15.9 Å². The number of alkyl halides is 1. The molecule has 1 aromatic carbocycles. The van der Waals surface area contributed by atoms with E-state index >= 15 is 0 Å². The van der Waals surface area contributed by atoms with E-state index in [1.807, 2.05) is 6.07 Å². The molecule has 4 heteroatoms. The summed E-state index contributed by atoms with van der Waals surface area (Å²) >= 11 is 10.9. The third kappa shape index (κ3) is 1.56. The Kier molecular flexibility index (Phi) is 2.49. The molecule has 0 radical (unpaired) electrons. The third-order valence-electron chi connectivity index (χ3n) is 1.80. The second kappa shape index (κ2) is 3.48. The van der Waals surface area contributed by atoms with E-state index in [0.717, 1.165) is 19.4 Å². The Morgan fingerprint density at radius 3 is 2.92 bits per heavy atom. The van der Waals surface area contributed by atoms with E-state index < -0.39 is 0 Å². The summed E-state index contributed by atoms with van der Waals surface area (Å²) in [5.41, 5.74) is 0. The number of thiophene rings is 1. The fourth-order valence-corrected chi connectivity index (χ4v) is 3.42. The Balaban J connectivity index is 2.77. The lowest BCUT2D eigenvalue weighted by Gasteiger charge is -1.92. The molecule has 68 valence electrons. The van der Waals surface area contributed by atoms with Crippen molar-refractivity contribution in [3.8, 4) is 5.75 Å². The van der Waals surface area contributed by atoms with Crippen LogP contribution in [0.4, 0.5) is 0 Å². The number of hydrogen-bond donors (Lipinski definition) is 1. The van der Waals surface area contributed by atoms with Crippen LogP contribution in [0, 0.1) is 0 Å². The van der Waals surface area contributed by atoms with Gasteiger partial charge in [-0.25, -0.2) is 0 Å². The monoisotopic (exact) mass is 276 g/mol. The van der Waals surface area contributed by atoms with Crippen LogP contribution in [0.3, 0.4) is 0 Å². The van der Waals surface area contributed by atoms with E-state index in [1.165, 1.54) is 0 Å². The lowest BCUT2D eigenvalue weighted by Crippen LogP contribution is -1.68. The normalized spacial score (nSPS) is 10.9. The minimum atomic E-state index is 0.284. The number of benzene rings is 1. The summed E-state index contributed by atoms with van der Waals surface area (Å²) in [7, 11) is 0. The average Bonchev–Trinajstić information content (AvgIpc) is 2.44. The summed E-state index contributed by atoms with van der Waals surface area (Å²) in [6.45, 7) is 0. The van der Waals surface area contributed by atoms with Gasteiger partial charge in [-0.2, -0.15) is 0 Å². The summed E-state index contributed by atoms with van der Waals surface area (Å²) in [5.74, 6) is 0.785. The van der Waals surface area contributed by atoms with E-state index in [-0.39, 0.29) is 5.75 Å². The van der Waals surface area contributed by atoms with Gasteiger partial charge in [-0.15, -0.1) is 22.9 Å². The van der Waals surface area contributed by atoms with Crippen LogP contribution in [-0.2, 0) is 5.88 Å². The van der Waals surface area contributed by atoms with Crippen molar-refractivity contribution in [3.63, 3.8) is 0 Å². The zero-order chi connectivity index (χ0) is 9.42. The van der Waals surface area contributed by atoms with Gasteiger partial charge in [-0.05, 0) is 34.1 Å². The molecule has 2 rings (SSSR count). The van der Waals surface area contributed by atoms with Gasteiger partial charge in [0.25, 0.3) is 0 Å². The van der Waals surface area contributed by atoms with E-state index in [1.54, 1.807) is 23.5 Å². The smallest absolute Gasteiger partial charge is 0.116 e. The highest BCUT2D eigenvalue weighted by Crippen LogP contribution is 2.37. The molecule has 0 aliphatic rings. The molecule has 0 aliphatic carbocycles. The van der Waals surface area contributed by atoms with Crippen LogP contribution in [-0.4, -0.2) is 5.11 Å². The van der Waals surface area contributed by atoms with Gasteiger partial charge in [-0.3, -0.25) is 0 Å². The Hall–Kier alpha value is -0.250. The number of aromatic hydroxyl groups is 1. The molecule has 1 nitrogen and oxygen atoms in total. The summed E-state index contributed by atoms with van der Waals surface area (Å²) in [6.07, 6.45) is 0. The van der Waals surface area contributed by atoms with Gasteiger partial charge in [0, 0.05) is 19.4 Å². The first kappa shape index (κ1) is 9.31. The molecule has 0 fully saturated rings. The molecule has 1 heterocycles. The number of phenolic OH excluding ortho intramolecular Hbond substituents is 1. The maximum Gasteiger partial charge on any atom is 0.116 e. The zero-order valence-corrected chi connectivity index (χ0v) is 9.71. The fourth-order valence-electron chi connectivity index (χ4n) is 1.19. The van der Waals surface area contributed by atoms with Crippen molar-refractivity contribution in [3.05, 3.63) is 27.5 Å². The molecule has 0 unspecified atom stereocenters. The van der Waals surface area contributed by atoms with Crippen LogP contribution in [0.1, 0.15) is 4.88 Å². The highest BCUT2D eigenvalue weighted by molar-refractivity contribution is 9.10. The zero-order valence-electron chi connectivity index (χ0n) is 6.55. The number of rotatable bonds is 1. The number of phenols is 1. The van der Waals surface area contributed by atoms with Gasteiger partial charge in [0.05, 0.1) is 5.88 Å². The van der Waals surface area contributed by atoms with Crippen LogP contribution < -0.4 is 0 Å². The van der Waals surface area contributed by atoms with Gasteiger partial charge in [0.15, 0.2) is 0 Å². The quantitative estimate of drug-likeness (QED) is 0.778. The van der Waals surface area contributed by atoms with Crippen LogP contribution in [0.5, 0.6) is 5.75 Å². The van der Waals surface area contributed by atoms with Crippen molar-refractivity contribution < 1.29 is 5.11 Å². The first-order valence-corrected chi connectivity index (χ1v) is 5.82. The Bertz CT molecular complexity index is 452. The number of fused-ring (bicyclic) bond motifs is 1. The van der Waals surface area contributed by atoms with Gasteiger partial charge >= 0.3 is 0 Å². The maximum atomic E-state index is 9.29. The summed E-state index contributed by atoms with van der Waals surface area (Å²) < 4.78 is 2.14. The molecule has 0 saturated carbocycles. The molecular weight excluding hydrogens is 272 g/mol. The first-order chi connectivity index (χ1) is 6.22. The Labute approximate surface area is 93.1 Å². The topological polar surface area (TPSA) is 20.2 Å². The molecular formula is C9H6BrClOS. The SMILES string of the molecule is Oc1ccc2sc(CCl)c(Br)c2c1. The van der Waals surface area contributed by atoms with Gasteiger partial charge in [-0.1, -0.05) is 0 Å². The molecule has 1 aromatic heterocycles. The van der Waals surface area contributed by atoms with Crippen LogP contribution >= 0.6 is 38.9 Å². The van der Waals surface area contributed by atoms with Crippen molar-refractivity contribution in [2.45, 2.75) is 5.88 Å². The van der Waals surface area contributed by atoms with Crippen molar-refractivity contribution in [1.29, 1.82) is 0 Å². The van der Waals surface area contributed by atoms with Crippen LogP contribution in [0.15, 0.2) is 22.7 Å². The molecule has 0 amide bonds. The average molecular weight is 278 g/mol. The van der Waals surface area contributed by atoms with E-state index in [4.69, 9.17) is 11.6 Å². The molecule has 0 spiro atoms. The van der Waals surface area contributed by atoms with E-state index in [0.29, 0.717) is 5.88 Å². The Morgan fingerprint density at radius 1 is 1.46 bits per heavy atom. The van der Waals surface area contributed by atoms with E-state index in [9.17, 15) is 5.11 Å². The fraction of sp³-hybridized carbons (Fsp3) is 0.111. The highest BCUT2D eigenvalue weighted by Gasteiger charge is 2.08. The van der Waals surface area contributed by atoms with Gasteiger partial charge in [0.2, 0.25) is 0 Å². The highest BCUT2D eigenvalue weighted by atomic mass is 79.9. The minimum absolute atomic E-state index is 0.284. The summed E-state index contributed by atoms with van der Waals surface area (Å²) in [4.78, 5) is 1.10. The van der Waals surface area contributed by atoms with Crippen molar-refractivity contribution >= 4 is 49.0 Å². The standard InChI is InChI=1S/C9H6BrClOS/c10-9-6-3-5(12)1-2-7(6)13-8(9)4-11/h1-3,12H,4H2. The molecule has 1 N–H and O–H groups in total. The van der Waals surface area contributed by atoms with Crippen molar-refractivity contribution in [1.82, 2.24) is 0 Å². The number of hydrogen-bond acceptors (Lipinski definition) is 2. The van der Waals surface area contributed by atoms with Crippen LogP contribution in [0.25, 0.3) is 10.1 Å². The predicted molar refractivity (Wildman–Crippen MR) is 60.7 cm³/mol. The molecule has 0 aliphatic heterocycles. The summed E-state index contributed by atoms with van der Waals surface area (Å²) in [5, 5.41) is 10.3. The lowest BCUT2D eigenvalue weighted by atomic mass is 10.2. The third-order valence-corrected chi connectivity index (χ3v) is 4.56. The molecule has 0 bridgehead atoms. The molecule has 13 heavy (non-hydrogen) atoms. The van der Waals surface area contributed by atoms with Gasteiger partial charge in [0.1, 0.15) is 5.75 Å².